The molecule has 0 aliphatic heterocycles. The summed E-state index contributed by atoms with van der Waals surface area (Å²) >= 11 is 3.10. The molecular formula is C12H13BrN4O3. The molecule has 0 saturated heterocycles. The van der Waals surface area contributed by atoms with E-state index in [2.05, 4.69) is 36.8 Å². The summed E-state index contributed by atoms with van der Waals surface area (Å²) in [5, 5.41) is 11.8. The molecule has 0 unspecified atom stereocenters. The second-order valence-electron chi connectivity index (χ2n) is 4.08. The molecule has 2 amide bonds. The van der Waals surface area contributed by atoms with Crippen molar-refractivity contribution in [3.8, 4) is 0 Å². The van der Waals surface area contributed by atoms with Crippen molar-refractivity contribution in [2.75, 3.05) is 6.54 Å². The summed E-state index contributed by atoms with van der Waals surface area (Å²) in [4.78, 5) is 23.2. The number of hydrogen-bond donors (Lipinski definition) is 3. The van der Waals surface area contributed by atoms with Gasteiger partial charge < -0.3 is 15.1 Å². The lowest BCUT2D eigenvalue weighted by atomic mass is 10.2. The number of aryl methyl sites for hydroxylation is 1. The molecule has 8 heteroatoms. The number of nitrogens with zero attached hydrogens (tertiary/aromatic N) is 1. The summed E-state index contributed by atoms with van der Waals surface area (Å²) in [5.41, 5.74) is 1.80. The number of H-pyrrole nitrogens is 1. The van der Waals surface area contributed by atoms with Gasteiger partial charge in [0.05, 0.1) is 12.7 Å². The Morgan fingerprint density at radius 3 is 2.80 bits per heavy atom. The van der Waals surface area contributed by atoms with Crippen molar-refractivity contribution in [3.63, 3.8) is 0 Å². The van der Waals surface area contributed by atoms with Gasteiger partial charge >= 0.3 is 0 Å². The van der Waals surface area contributed by atoms with Gasteiger partial charge in [0, 0.05) is 17.8 Å². The van der Waals surface area contributed by atoms with E-state index < -0.39 is 5.91 Å². The van der Waals surface area contributed by atoms with Crippen molar-refractivity contribution in [3.05, 3.63) is 40.0 Å². The third-order valence-corrected chi connectivity index (χ3v) is 3.04. The third kappa shape index (κ3) is 3.70. The van der Waals surface area contributed by atoms with Gasteiger partial charge in [-0.25, -0.2) is 0 Å². The zero-order valence-corrected chi connectivity index (χ0v) is 12.3. The molecule has 0 aliphatic rings. The molecule has 3 N–H and O–H groups in total. The molecule has 2 aromatic heterocycles. The first kappa shape index (κ1) is 14.3. The highest BCUT2D eigenvalue weighted by Gasteiger charge is 2.11. The van der Waals surface area contributed by atoms with Gasteiger partial charge in [-0.1, -0.05) is 0 Å². The molecule has 2 rings (SSSR count). The average Bonchev–Trinajstić information content (AvgIpc) is 3.02. The number of carbonyl (C=O) groups is 2. The predicted molar refractivity (Wildman–Crippen MR) is 73.9 cm³/mol. The van der Waals surface area contributed by atoms with E-state index in [1.54, 1.807) is 12.3 Å². The molecule has 2 heterocycles. The number of aromatic amines is 1. The Hall–Kier alpha value is -2.09. The Morgan fingerprint density at radius 1 is 1.40 bits per heavy atom. The number of aromatic nitrogens is 2. The van der Waals surface area contributed by atoms with Crippen molar-refractivity contribution < 1.29 is 14.0 Å². The van der Waals surface area contributed by atoms with Crippen LogP contribution < -0.4 is 10.6 Å². The van der Waals surface area contributed by atoms with Gasteiger partial charge in [0.1, 0.15) is 0 Å². The maximum atomic E-state index is 11.6. The topological polar surface area (TPSA) is 100 Å². The highest BCUT2D eigenvalue weighted by molar-refractivity contribution is 9.10. The molecular weight excluding hydrogens is 328 g/mol. The van der Waals surface area contributed by atoms with Gasteiger partial charge in [-0.15, -0.1) is 0 Å². The first-order valence-corrected chi connectivity index (χ1v) is 6.64. The normalized spacial score (nSPS) is 10.3. The predicted octanol–water partition coefficient (Wildman–Crippen LogP) is 1.12. The summed E-state index contributed by atoms with van der Waals surface area (Å²) in [6, 6.07) is 3.13. The molecule has 106 valence electrons. The van der Waals surface area contributed by atoms with Crippen LogP contribution in [0, 0.1) is 6.92 Å². The Morgan fingerprint density at radius 2 is 2.20 bits per heavy atom. The molecule has 0 atom stereocenters. The van der Waals surface area contributed by atoms with Crippen LogP contribution in [0.2, 0.25) is 0 Å². The molecule has 20 heavy (non-hydrogen) atoms. The van der Waals surface area contributed by atoms with Crippen LogP contribution in [0.4, 0.5) is 0 Å². The summed E-state index contributed by atoms with van der Waals surface area (Å²) in [5.74, 6) is -0.578. The van der Waals surface area contributed by atoms with E-state index in [9.17, 15) is 9.59 Å². The summed E-state index contributed by atoms with van der Waals surface area (Å²) < 4.78 is 5.53. The molecule has 0 bridgehead atoms. The number of hydrogen-bond acceptors (Lipinski definition) is 4. The van der Waals surface area contributed by atoms with Crippen molar-refractivity contribution in [2.24, 2.45) is 0 Å². The monoisotopic (exact) mass is 340 g/mol. The van der Waals surface area contributed by atoms with E-state index in [1.165, 1.54) is 6.07 Å². The smallest absolute Gasteiger partial charge is 0.287 e. The van der Waals surface area contributed by atoms with Gasteiger partial charge in [-0.3, -0.25) is 14.7 Å². The van der Waals surface area contributed by atoms with Crippen molar-refractivity contribution >= 4 is 27.7 Å². The van der Waals surface area contributed by atoms with Crippen LogP contribution in [-0.2, 0) is 11.3 Å². The van der Waals surface area contributed by atoms with E-state index in [0.29, 0.717) is 11.2 Å². The van der Waals surface area contributed by atoms with Crippen LogP contribution >= 0.6 is 15.9 Å². The number of nitrogens with one attached hydrogen (secondary N) is 3. The summed E-state index contributed by atoms with van der Waals surface area (Å²) in [6.07, 6.45) is 1.65. The zero-order valence-electron chi connectivity index (χ0n) is 10.7. The molecule has 7 nitrogen and oxygen atoms in total. The van der Waals surface area contributed by atoms with Crippen LogP contribution in [0.5, 0.6) is 0 Å². The van der Waals surface area contributed by atoms with Gasteiger partial charge in [0.15, 0.2) is 10.4 Å². The SMILES string of the molecule is Cc1[nH]ncc1CNC(=O)CNC(=O)c1ccc(Br)o1. The molecule has 0 spiro atoms. The van der Waals surface area contributed by atoms with Gasteiger partial charge in [-0.05, 0) is 35.0 Å². The van der Waals surface area contributed by atoms with Crippen LogP contribution in [0.1, 0.15) is 21.8 Å². The lowest BCUT2D eigenvalue weighted by molar-refractivity contribution is -0.120. The fourth-order valence-corrected chi connectivity index (χ4v) is 1.80. The molecule has 0 aliphatic carbocycles. The van der Waals surface area contributed by atoms with E-state index in [1.807, 2.05) is 6.92 Å². The van der Waals surface area contributed by atoms with Crippen LogP contribution in [0.15, 0.2) is 27.4 Å². The molecule has 0 saturated carbocycles. The Balaban J connectivity index is 1.75. The molecule has 0 aromatic carbocycles. The van der Waals surface area contributed by atoms with E-state index in [-0.39, 0.29) is 18.2 Å². The standard InChI is InChI=1S/C12H13BrN4O3/c1-7-8(5-16-17-7)4-14-11(18)6-15-12(19)9-2-3-10(13)20-9/h2-3,5H,4,6H2,1H3,(H,14,18)(H,15,19)(H,16,17). The van der Waals surface area contributed by atoms with E-state index >= 15 is 0 Å². The highest BCUT2D eigenvalue weighted by Crippen LogP contribution is 2.13. The lowest BCUT2D eigenvalue weighted by Crippen LogP contribution is -2.36. The third-order valence-electron chi connectivity index (χ3n) is 2.62. The summed E-state index contributed by atoms with van der Waals surface area (Å²) in [7, 11) is 0. The van der Waals surface area contributed by atoms with Gasteiger partial charge in [-0.2, -0.15) is 5.10 Å². The average molecular weight is 341 g/mol. The van der Waals surface area contributed by atoms with Gasteiger partial charge in [0.2, 0.25) is 5.91 Å². The first-order valence-electron chi connectivity index (χ1n) is 5.85. The van der Waals surface area contributed by atoms with Crippen LogP contribution in [0.25, 0.3) is 0 Å². The Bertz CT molecular complexity index is 620. The van der Waals surface area contributed by atoms with E-state index in [0.717, 1.165) is 11.3 Å². The van der Waals surface area contributed by atoms with Gasteiger partial charge in [0.25, 0.3) is 5.91 Å². The highest BCUT2D eigenvalue weighted by atomic mass is 79.9. The minimum Gasteiger partial charge on any atom is -0.444 e. The van der Waals surface area contributed by atoms with Crippen molar-refractivity contribution in [2.45, 2.75) is 13.5 Å². The second-order valence-corrected chi connectivity index (χ2v) is 4.86. The first-order chi connectivity index (χ1) is 9.56. The van der Waals surface area contributed by atoms with Crippen LogP contribution in [-0.4, -0.2) is 28.6 Å². The number of amides is 2. The second kappa shape index (κ2) is 6.38. The van der Waals surface area contributed by atoms with Crippen LogP contribution in [0.3, 0.4) is 0 Å². The fraction of sp³-hybridized carbons (Fsp3) is 0.250. The number of halogens is 1. The van der Waals surface area contributed by atoms with Crippen molar-refractivity contribution in [1.82, 2.24) is 20.8 Å². The Labute approximate surface area is 123 Å². The minimum absolute atomic E-state index is 0.117. The quantitative estimate of drug-likeness (QED) is 0.759. The fourth-order valence-electron chi connectivity index (χ4n) is 1.49. The minimum atomic E-state index is -0.439. The van der Waals surface area contributed by atoms with E-state index in [4.69, 9.17) is 4.42 Å². The number of carbonyl (C=O) groups excluding carboxylic acids is 2. The number of rotatable bonds is 5. The Kier molecular flexibility index (Phi) is 4.57. The maximum absolute atomic E-state index is 11.6. The number of furan rings is 1. The lowest BCUT2D eigenvalue weighted by Gasteiger charge is -2.05. The molecule has 0 radical (unpaired) electrons. The van der Waals surface area contributed by atoms with Crippen molar-refractivity contribution in [1.29, 1.82) is 0 Å². The molecule has 0 fully saturated rings. The maximum Gasteiger partial charge on any atom is 0.287 e. The largest absolute Gasteiger partial charge is 0.444 e. The summed E-state index contributed by atoms with van der Waals surface area (Å²) in [6.45, 7) is 2.11. The molecule has 2 aromatic rings. The zero-order chi connectivity index (χ0) is 14.5.